The van der Waals surface area contributed by atoms with Crippen LogP contribution in [0.1, 0.15) is 21.7 Å². The van der Waals surface area contributed by atoms with Crippen molar-refractivity contribution >= 4 is 17.3 Å². The highest BCUT2D eigenvalue weighted by molar-refractivity contribution is 5.92. The minimum atomic E-state index is -0.00910. The van der Waals surface area contributed by atoms with Crippen molar-refractivity contribution in [3.63, 3.8) is 0 Å². The molecule has 1 fully saturated rings. The maximum Gasteiger partial charge on any atom is 0.272 e. The molecule has 29 heavy (non-hydrogen) atoms. The van der Waals surface area contributed by atoms with Gasteiger partial charge in [-0.05, 0) is 48.9 Å². The molecule has 1 saturated heterocycles. The zero-order chi connectivity index (χ0) is 20.1. The predicted octanol–water partition coefficient (Wildman–Crippen LogP) is 3.36. The van der Waals surface area contributed by atoms with Crippen molar-refractivity contribution in [2.24, 2.45) is 0 Å². The topological polar surface area (TPSA) is 61.4 Å². The molecule has 1 aliphatic heterocycles. The van der Waals surface area contributed by atoms with Crippen LogP contribution in [-0.2, 0) is 6.54 Å². The smallest absolute Gasteiger partial charge is 0.272 e. The summed E-state index contributed by atoms with van der Waals surface area (Å²) < 4.78 is 0. The quantitative estimate of drug-likeness (QED) is 0.727. The molecule has 1 aromatic carbocycles. The fourth-order valence-electron chi connectivity index (χ4n) is 3.47. The Bertz CT molecular complexity index is 951. The maximum absolute atomic E-state index is 12.8. The highest BCUT2D eigenvalue weighted by Crippen LogP contribution is 2.18. The van der Waals surface area contributed by atoms with Gasteiger partial charge in [-0.1, -0.05) is 18.2 Å². The van der Waals surface area contributed by atoms with Crippen molar-refractivity contribution in [3.05, 3.63) is 83.9 Å². The van der Waals surface area contributed by atoms with Crippen LogP contribution in [0.2, 0.25) is 0 Å². The van der Waals surface area contributed by atoms with Crippen LogP contribution < -0.4 is 10.2 Å². The monoisotopic (exact) mass is 387 g/mol. The van der Waals surface area contributed by atoms with E-state index in [-0.39, 0.29) is 5.91 Å². The van der Waals surface area contributed by atoms with E-state index in [9.17, 15) is 4.79 Å². The summed E-state index contributed by atoms with van der Waals surface area (Å²) in [5.74, 6) is -0.00910. The van der Waals surface area contributed by atoms with Crippen LogP contribution in [-0.4, -0.2) is 47.0 Å². The van der Waals surface area contributed by atoms with E-state index in [0.29, 0.717) is 25.3 Å². The van der Waals surface area contributed by atoms with Gasteiger partial charge in [0.05, 0.1) is 24.1 Å². The molecular formula is C23H25N5O. The first kappa shape index (κ1) is 18.9. The largest absolute Gasteiger partial charge is 0.378 e. The van der Waals surface area contributed by atoms with Gasteiger partial charge in [0.1, 0.15) is 5.69 Å². The highest BCUT2D eigenvalue weighted by atomic mass is 16.2. The third-order valence-corrected chi connectivity index (χ3v) is 5.12. The standard InChI is InChI=1S/C23H25N5O/c1-18-5-4-7-21(15-18)27-11-13-28(14-12-27)23(29)22-9-8-20(17-26-22)25-16-19-6-2-3-10-24-19/h2-10,15,17,25H,11-14,16H2,1H3. The molecule has 0 radical (unpaired) electrons. The Morgan fingerprint density at radius 3 is 2.55 bits per heavy atom. The van der Waals surface area contributed by atoms with Crippen LogP contribution in [0.25, 0.3) is 0 Å². The number of rotatable bonds is 5. The minimum Gasteiger partial charge on any atom is -0.378 e. The fourth-order valence-corrected chi connectivity index (χ4v) is 3.47. The van der Waals surface area contributed by atoms with Gasteiger partial charge in [-0.25, -0.2) is 4.98 Å². The first-order valence-electron chi connectivity index (χ1n) is 9.90. The number of pyridine rings is 2. The summed E-state index contributed by atoms with van der Waals surface area (Å²) in [6.07, 6.45) is 3.48. The van der Waals surface area contributed by atoms with E-state index in [2.05, 4.69) is 51.4 Å². The Kier molecular flexibility index (Phi) is 5.70. The Hall–Kier alpha value is -3.41. The summed E-state index contributed by atoms with van der Waals surface area (Å²) in [6, 6.07) is 18.0. The molecule has 0 spiro atoms. The summed E-state index contributed by atoms with van der Waals surface area (Å²) in [6.45, 7) is 5.79. The average Bonchev–Trinajstić information content (AvgIpc) is 2.78. The molecule has 1 amide bonds. The maximum atomic E-state index is 12.8. The third-order valence-electron chi connectivity index (χ3n) is 5.12. The molecular weight excluding hydrogens is 362 g/mol. The lowest BCUT2D eigenvalue weighted by atomic mass is 10.2. The van der Waals surface area contributed by atoms with Crippen LogP contribution >= 0.6 is 0 Å². The second-order valence-corrected chi connectivity index (χ2v) is 7.22. The zero-order valence-electron chi connectivity index (χ0n) is 16.6. The Morgan fingerprint density at radius 2 is 1.86 bits per heavy atom. The number of anilines is 2. The summed E-state index contributed by atoms with van der Waals surface area (Å²) in [5.41, 5.74) is 4.79. The summed E-state index contributed by atoms with van der Waals surface area (Å²) in [4.78, 5) is 25.7. The highest BCUT2D eigenvalue weighted by Gasteiger charge is 2.23. The Labute approximate surface area is 171 Å². The molecule has 148 valence electrons. The van der Waals surface area contributed by atoms with E-state index in [0.717, 1.165) is 24.5 Å². The fraction of sp³-hybridized carbons (Fsp3) is 0.261. The molecule has 0 aliphatic carbocycles. The van der Waals surface area contributed by atoms with Gasteiger partial charge >= 0.3 is 0 Å². The van der Waals surface area contributed by atoms with E-state index < -0.39 is 0 Å². The molecule has 1 aliphatic rings. The first-order chi connectivity index (χ1) is 14.2. The lowest BCUT2D eigenvalue weighted by Gasteiger charge is -2.36. The van der Waals surface area contributed by atoms with Gasteiger partial charge < -0.3 is 15.1 Å². The molecule has 6 heteroatoms. The number of nitrogens with one attached hydrogen (secondary N) is 1. The lowest BCUT2D eigenvalue weighted by molar-refractivity contribution is 0.0741. The number of piperazine rings is 1. The number of aryl methyl sites for hydroxylation is 1. The number of carbonyl (C=O) groups excluding carboxylic acids is 1. The van der Waals surface area contributed by atoms with Crippen LogP contribution in [0.4, 0.5) is 11.4 Å². The normalized spacial score (nSPS) is 14.0. The number of nitrogens with zero attached hydrogens (tertiary/aromatic N) is 4. The number of hydrogen-bond donors (Lipinski definition) is 1. The van der Waals surface area contributed by atoms with Crippen LogP contribution in [0.15, 0.2) is 67.0 Å². The molecule has 0 bridgehead atoms. The first-order valence-corrected chi connectivity index (χ1v) is 9.90. The van der Waals surface area contributed by atoms with Crippen LogP contribution in [0.5, 0.6) is 0 Å². The van der Waals surface area contributed by atoms with Gasteiger partial charge in [0.2, 0.25) is 0 Å². The number of hydrogen-bond acceptors (Lipinski definition) is 5. The van der Waals surface area contributed by atoms with E-state index >= 15 is 0 Å². The molecule has 6 nitrogen and oxygen atoms in total. The summed E-state index contributed by atoms with van der Waals surface area (Å²) in [5, 5.41) is 3.28. The van der Waals surface area contributed by atoms with Crippen molar-refractivity contribution in [1.82, 2.24) is 14.9 Å². The molecule has 0 atom stereocenters. The van der Waals surface area contributed by atoms with E-state index in [4.69, 9.17) is 0 Å². The van der Waals surface area contributed by atoms with Gasteiger partial charge in [0.25, 0.3) is 5.91 Å². The van der Waals surface area contributed by atoms with Crippen molar-refractivity contribution in [2.45, 2.75) is 13.5 Å². The molecule has 3 heterocycles. The van der Waals surface area contributed by atoms with Crippen molar-refractivity contribution in [3.8, 4) is 0 Å². The second kappa shape index (κ2) is 8.73. The lowest BCUT2D eigenvalue weighted by Crippen LogP contribution is -2.49. The molecule has 2 aromatic heterocycles. The zero-order valence-corrected chi connectivity index (χ0v) is 16.6. The molecule has 0 unspecified atom stereocenters. The third kappa shape index (κ3) is 4.71. The van der Waals surface area contributed by atoms with Gasteiger partial charge in [0.15, 0.2) is 0 Å². The molecule has 0 saturated carbocycles. The average molecular weight is 387 g/mol. The van der Waals surface area contributed by atoms with E-state index in [1.807, 2.05) is 29.2 Å². The van der Waals surface area contributed by atoms with Crippen LogP contribution in [0.3, 0.4) is 0 Å². The summed E-state index contributed by atoms with van der Waals surface area (Å²) in [7, 11) is 0. The van der Waals surface area contributed by atoms with Crippen molar-refractivity contribution in [2.75, 3.05) is 36.4 Å². The van der Waals surface area contributed by atoms with Gasteiger partial charge in [-0.3, -0.25) is 9.78 Å². The van der Waals surface area contributed by atoms with Gasteiger partial charge in [-0.2, -0.15) is 0 Å². The molecule has 1 N–H and O–H groups in total. The second-order valence-electron chi connectivity index (χ2n) is 7.22. The number of carbonyl (C=O) groups is 1. The Morgan fingerprint density at radius 1 is 1.00 bits per heavy atom. The van der Waals surface area contributed by atoms with Crippen molar-refractivity contribution in [1.29, 1.82) is 0 Å². The van der Waals surface area contributed by atoms with E-state index in [1.165, 1.54) is 11.3 Å². The molecule has 4 rings (SSSR count). The van der Waals surface area contributed by atoms with Gasteiger partial charge in [0, 0.05) is 38.1 Å². The SMILES string of the molecule is Cc1cccc(N2CCN(C(=O)c3ccc(NCc4ccccn4)cn3)CC2)c1. The van der Waals surface area contributed by atoms with E-state index in [1.54, 1.807) is 18.5 Å². The minimum absolute atomic E-state index is 0.00910. The number of amides is 1. The van der Waals surface area contributed by atoms with Crippen molar-refractivity contribution < 1.29 is 4.79 Å². The number of benzene rings is 1. The summed E-state index contributed by atoms with van der Waals surface area (Å²) >= 11 is 0. The van der Waals surface area contributed by atoms with Gasteiger partial charge in [-0.15, -0.1) is 0 Å². The molecule has 3 aromatic rings. The van der Waals surface area contributed by atoms with Crippen LogP contribution in [0, 0.1) is 6.92 Å². The Balaban J connectivity index is 1.31. The number of aromatic nitrogens is 2. The predicted molar refractivity (Wildman–Crippen MR) is 115 cm³/mol.